The van der Waals surface area contributed by atoms with Crippen molar-refractivity contribution in [1.29, 1.82) is 0 Å². The topological polar surface area (TPSA) is 15.3 Å². The molecule has 0 aromatic carbocycles. The van der Waals surface area contributed by atoms with Crippen molar-refractivity contribution in [3.8, 4) is 0 Å². The molecule has 1 saturated carbocycles. The summed E-state index contributed by atoms with van der Waals surface area (Å²) in [5.74, 6) is 0. The quantitative estimate of drug-likeness (QED) is 0.880. The number of likely N-dealkylation sites (tertiary alicyclic amines) is 1. The minimum absolute atomic E-state index is 0.501. The van der Waals surface area contributed by atoms with Crippen LogP contribution >= 0.6 is 11.3 Å². The molecule has 112 valence electrons. The molecular weight excluding hydrogens is 264 g/mol. The van der Waals surface area contributed by atoms with Gasteiger partial charge in [-0.2, -0.15) is 0 Å². The molecule has 2 nitrogen and oxygen atoms in total. The maximum atomic E-state index is 3.66. The van der Waals surface area contributed by atoms with Gasteiger partial charge in [-0.05, 0) is 62.6 Å². The van der Waals surface area contributed by atoms with Gasteiger partial charge in [-0.15, -0.1) is 11.3 Å². The summed E-state index contributed by atoms with van der Waals surface area (Å²) >= 11 is 1.85. The van der Waals surface area contributed by atoms with Crippen LogP contribution in [0.3, 0.4) is 0 Å². The molecule has 0 bridgehead atoms. The fourth-order valence-corrected chi connectivity index (χ4v) is 4.71. The summed E-state index contributed by atoms with van der Waals surface area (Å²) in [6.45, 7) is 7.26. The van der Waals surface area contributed by atoms with Gasteiger partial charge in [-0.3, -0.25) is 0 Å². The number of nitrogens with one attached hydrogen (secondary N) is 1. The maximum absolute atomic E-state index is 3.66. The van der Waals surface area contributed by atoms with Crippen LogP contribution in [0.2, 0.25) is 0 Å². The molecule has 1 aromatic heterocycles. The Morgan fingerprint density at radius 3 is 2.65 bits per heavy atom. The average molecular weight is 292 g/mol. The molecular formula is C17H28N2S. The molecule has 3 heteroatoms. The highest BCUT2D eigenvalue weighted by atomic mass is 32.1. The molecule has 1 aromatic rings. The first kappa shape index (κ1) is 14.6. The summed E-state index contributed by atoms with van der Waals surface area (Å²) in [6.07, 6.45) is 8.89. The fourth-order valence-electron chi connectivity index (χ4n) is 3.95. The van der Waals surface area contributed by atoms with Gasteiger partial charge in [0.1, 0.15) is 0 Å². The van der Waals surface area contributed by atoms with Crippen LogP contribution in [0.5, 0.6) is 0 Å². The van der Waals surface area contributed by atoms with E-state index in [0.29, 0.717) is 6.04 Å². The Kier molecular flexibility index (Phi) is 4.79. The Hall–Kier alpha value is -0.380. The Bertz CT molecular complexity index is 385. The van der Waals surface area contributed by atoms with Gasteiger partial charge >= 0.3 is 0 Å². The number of nitrogens with zero attached hydrogens (tertiary/aromatic N) is 1. The van der Waals surface area contributed by atoms with E-state index < -0.39 is 0 Å². The van der Waals surface area contributed by atoms with Gasteiger partial charge in [0.2, 0.25) is 0 Å². The standard InChI is InChI=1S/C17H28N2S/c1-15(16-5-4-14-20-16)18-10-13-19-11-8-17(9-12-19)6-2-3-7-17/h4-5,14-15,18H,2-3,6-13H2,1H3. The van der Waals surface area contributed by atoms with Crippen LogP contribution in [0, 0.1) is 5.41 Å². The van der Waals surface area contributed by atoms with E-state index >= 15 is 0 Å². The molecule has 2 aliphatic rings. The molecule has 1 spiro atoms. The monoisotopic (exact) mass is 292 g/mol. The van der Waals surface area contributed by atoms with Crippen molar-refractivity contribution in [2.75, 3.05) is 26.2 Å². The number of rotatable bonds is 5. The van der Waals surface area contributed by atoms with Gasteiger partial charge in [-0.25, -0.2) is 0 Å². The van der Waals surface area contributed by atoms with Gasteiger partial charge in [0.15, 0.2) is 0 Å². The van der Waals surface area contributed by atoms with E-state index in [0.717, 1.165) is 12.0 Å². The van der Waals surface area contributed by atoms with Crippen molar-refractivity contribution >= 4 is 11.3 Å². The van der Waals surface area contributed by atoms with Crippen LogP contribution in [0.15, 0.2) is 17.5 Å². The van der Waals surface area contributed by atoms with Crippen LogP contribution < -0.4 is 5.32 Å². The van der Waals surface area contributed by atoms with Gasteiger partial charge in [0, 0.05) is 24.0 Å². The molecule has 1 aliphatic heterocycles. The summed E-state index contributed by atoms with van der Waals surface area (Å²) in [4.78, 5) is 4.12. The van der Waals surface area contributed by atoms with E-state index in [9.17, 15) is 0 Å². The van der Waals surface area contributed by atoms with Gasteiger partial charge in [0.25, 0.3) is 0 Å². The lowest BCUT2D eigenvalue weighted by Gasteiger charge is -2.39. The highest BCUT2D eigenvalue weighted by Crippen LogP contribution is 2.45. The first-order chi connectivity index (χ1) is 9.77. The van der Waals surface area contributed by atoms with Crippen LogP contribution in [0.1, 0.15) is 56.4 Å². The van der Waals surface area contributed by atoms with E-state index in [1.165, 1.54) is 63.0 Å². The van der Waals surface area contributed by atoms with Crippen LogP contribution in [-0.2, 0) is 0 Å². The molecule has 1 saturated heterocycles. The number of hydrogen-bond acceptors (Lipinski definition) is 3. The van der Waals surface area contributed by atoms with Crippen molar-refractivity contribution < 1.29 is 0 Å². The molecule has 2 heterocycles. The average Bonchev–Trinajstić information content (AvgIpc) is 3.13. The van der Waals surface area contributed by atoms with E-state index in [4.69, 9.17) is 0 Å². The predicted octanol–water partition coefficient (Wildman–Crippen LogP) is 4.05. The number of thiophene rings is 1. The maximum Gasteiger partial charge on any atom is 0.0386 e. The molecule has 0 radical (unpaired) electrons. The summed E-state index contributed by atoms with van der Waals surface area (Å²) in [6, 6.07) is 4.87. The SMILES string of the molecule is CC(NCCN1CCC2(CCCC2)CC1)c1cccs1. The van der Waals surface area contributed by atoms with Crippen LogP contribution in [0.4, 0.5) is 0 Å². The normalized spacial score (nSPS) is 24.2. The lowest BCUT2D eigenvalue weighted by Crippen LogP contribution is -2.42. The van der Waals surface area contributed by atoms with Crippen molar-refractivity contribution in [1.82, 2.24) is 10.2 Å². The van der Waals surface area contributed by atoms with E-state index in [-0.39, 0.29) is 0 Å². The Morgan fingerprint density at radius 1 is 1.25 bits per heavy atom. The third kappa shape index (κ3) is 3.44. The zero-order valence-electron chi connectivity index (χ0n) is 12.7. The third-order valence-electron chi connectivity index (χ3n) is 5.43. The lowest BCUT2D eigenvalue weighted by molar-refractivity contribution is 0.109. The van der Waals surface area contributed by atoms with Crippen molar-refractivity contribution in [3.63, 3.8) is 0 Å². The van der Waals surface area contributed by atoms with Gasteiger partial charge in [-0.1, -0.05) is 18.9 Å². The van der Waals surface area contributed by atoms with Crippen LogP contribution in [-0.4, -0.2) is 31.1 Å². The van der Waals surface area contributed by atoms with Crippen LogP contribution in [0.25, 0.3) is 0 Å². The first-order valence-corrected chi connectivity index (χ1v) is 9.15. The molecule has 1 aliphatic carbocycles. The molecule has 1 atom stereocenters. The predicted molar refractivity (Wildman–Crippen MR) is 87.3 cm³/mol. The molecule has 1 unspecified atom stereocenters. The fraction of sp³-hybridized carbons (Fsp3) is 0.765. The van der Waals surface area contributed by atoms with E-state index in [2.05, 4.69) is 34.7 Å². The minimum Gasteiger partial charge on any atom is -0.308 e. The zero-order chi connectivity index (χ0) is 13.8. The minimum atomic E-state index is 0.501. The Morgan fingerprint density at radius 2 is 2.00 bits per heavy atom. The number of piperidine rings is 1. The third-order valence-corrected chi connectivity index (χ3v) is 6.48. The van der Waals surface area contributed by atoms with Crippen molar-refractivity contribution in [2.45, 2.75) is 51.5 Å². The smallest absolute Gasteiger partial charge is 0.0386 e. The summed E-state index contributed by atoms with van der Waals surface area (Å²) in [5, 5.41) is 5.83. The summed E-state index contributed by atoms with van der Waals surface area (Å²) in [5.41, 5.74) is 0.758. The second-order valence-corrected chi connectivity index (χ2v) is 7.72. The van der Waals surface area contributed by atoms with E-state index in [1.54, 1.807) is 0 Å². The lowest BCUT2D eigenvalue weighted by atomic mass is 9.77. The second kappa shape index (κ2) is 6.59. The molecule has 0 amide bonds. The Balaban J connectivity index is 1.36. The second-order valence-electron chi connectivity index (χ2n) is 6.74. The highest BCUT2D eigenvalue weighted by molar-refractivity contribution is 7.10. The summed E-state index contributed by atoms with van der Waals surface area (Å²) in [7, 11) is 0. The molecule has 20 heavy (non-hydrogen) atoms. The number of hydrogen-bond donors (Lipinski definition) is 1. The molecule has 3 rings (SSSR count). The molecule has 1 N–H and O–H groups in total. The zero-order valence-corrected chi connectivity index (χ0v) is 13.6. The first-order valence-electron chi connectivity index (χ1n) is 8.27. The van der Waals surface area contributed by atoms with Gasteiger partial charge in [0.05, 0.1) is 0 Å². The Labute approximate surface area is 127 Å². The molecule has 2 fully saturated rings. The van der Waals surface area contributed by atoms with Gasteiger partial charge < -0.3 is 10.2 Å². The highest BCUT2D eigenvalue weighted by Gasteiger charge is 2.36. The van der Waals surface area contributed by atoms with Crippen molar-refractivity contribution in [2.24, 2.45) is 5.41 Å². The largest absolute Gasteiger partial charge is 0.308 e. The van der Waals surface area contributed by atoms with E-state index in [1.807, 2.05) is 11.3 Å². The van der Waals surface area contributed by atoms with Crippen molar-refractivity contribution in [3.05, 3.63) is 22.4 Å². The summed E-state index contributed by atoms with van der Waals surface area (Å²) < 4.78 is 0.